The third kappa shape index (κ3) is 1.80. The van der Waals surface area contributed by atoms with E-state index in [1.807, 2.05) is 6.07 Å². The van der Waals surface area contributed by atoms with E-state index in [0.717, 1.165) is 37.9 Å². The summed E-state index contributed by atoms with van der Waals surface area (Å²) in [5, 5.41) is 0. The molecule has 5 heteroatoms. The van der Waals surface area contributed by atoms with Crippen LogP contribution in [0.2, 0.25) is 0 Å². The minimum Gasteiger partial charge on any atom is -0.312 e. The number of aryl methyl sites for hydroxylation is 1. The number of rotatable bonds is 2. The molecule has 3 atom stereocenters. The third-order valence-corrected chi connectivity index (χ3v) is 10.5. The second-order valence-corrected chi connectivity index (χ2v) is 12.0. The van der Waals surface area contributed by atoms with Crippen LogP contribution >= 0.6 is 47.8 Å². The highest BCUT2D eigenvalue weighted by Crippen LogP contribution is 2.82. The van der Waals surface area contributed by atoms with E-state index in [1.54, 1.807) is 0 Å². The Morgan fingerprint density at radius 1 is 1.25 bits per heavy atom. The smallest absolute Gasteiger partial charge is 0.234 e. The first-order chi connectivity index (χ1) is 11.3. The summed E-state index contributed by atoms with van der Waals surface area (Å²) in [5.74, 6) is 0.315. The fourth-order valence-corrected chi connectivity index (χ4v) is 10.6. The molecular formula is C19H22Br3NO. The van der Waals surface area contributed by atoms with E-state index in [4.69, 9.17) is 0 Å². The monoisotopic (exact) mass is 517 g/mol. The zero-order valence-electron chi connectivity index (χ0n) is 14.0. The molecule has 1 aromatic rings. The maximum absolute atomic E-state index is 13.8. The number of nitrogens with zero attached hydrogens (tertiary/aromatic N) is 1. The maximum Gasteiger partial charge on any atom is 0.234 e. The number of benzene rings is 1. The Morgan fingerprint density at radius 3 is 2.58 bits per heavy atom. The van der Waals surface area contributed by atoms with Crippen LogP contribution in [0.1, 0.15) is 38.7 Å². The highest BCUT2D eigenvalue weighted by Gasteiger charge is 2.83. The number of hydrogen-bond acceptors (Lipinski definition) is 1. The molecule has 1 aromatic carbocycles. The van der Waals surface area contributed by atoms with Gasteiger partial charge in [0.2, 0.25) is 5.91 Å². The molecule has 24 heavy (non-hydrogen) atoms. The van der Waals surface area contributed by atoms with Gasteiger partial charge >= 0.3 is 0 Å². The molecule has 130 valence electrons. The quantitative estimate of drug-likeness (QED) is 0.462. The van der Waals surface area contributed by atoms with Gasteiger partial charge in [0.1, 0.15) is 0 Å². The molecule has 4 aliphatic rings. The Kier molecular flexibility index (Phi) is 4.06. The molecule has 1 amide bonds. The normalized spacial score (nSPS) is 36.4. The van der Waals surface area contributed by atoms with Gasteiger partial charge in [0.05, 0.1) is 9.15 Å². The van der Waals surface area contributed by atoms with E-state index in [9.17, 15) is 4.79 Å². The Balaban J connectivity index is 1.75. The van der Waals surface area contributed by atoms with Gasteiger partial charge in [-0.1, -0.05) is 79.8 Å². The predicted molar refractivity (Wildman–Crippen MR) is 109 cm³/mol. The fourth-order valence-electron chi connectivity index (χ4n) is 5.65. The number of amides is 1. The van der Waals surface area contributed by atoms with Crippen molar-refractivity contribution < 1.29 is 4.79 Å². The molecule has 1 aliphatic heterocycles. The number of alkyl halides is 3. The molecule has 3 aliphatic carbocycles. The van der Waals surface area contributed by atoms with Gasteiger partial charge < -0.3 is 4.90 Å². The van der Waals surface area contributed by atoms with Crippen molar-refractivity contribution in [1.82, 2.24) is 0 Å². The molecule has 2 bridgehead atoms. The summed E-state index contributed by atoms with van der Waals surface area (Å²) in [6.07, 6.45) is 4.15. The van der Waals surface area contributed by atoms with E-state index in [2.05, 4.69) is 84.7 Å². The summed E-state index contributed by atoms with van der Waals surface area (Å²) in [4.78, 5) is 16.1. The molecule has 2 nitrogen and oxygen atoms in total. The highest BCUT2D eigenvalue weighted by molar-refractivity contribution is 9.24. The average Bonchev–Trinajstić information content (AvgIpc) is 3.03. The number of anilines is 1. The van der Waals surface area contributed by atoms with Gasteiger partial charge in [-0.2, -0.15) is 0 Å². The Hall–Kier alpha value is 0.130. The molecule has 1 heterocycles. The van der Waals surface area contributed by atoms with Crippen LogP contribution in [0.4, 0.5) is 5.69 Å². The minimum absolute atomic E-state index is 0.0463. The second kappa shape index (κ2) is 5.56. The first-order valence-corrected chi connectivity index (χ1v) is 11.4. The fraction of sp³-hybridized carbons (Fsp3) is 0.632. The lowest BCUT2D eigenvalue weighted by atomic mass is 9.43. The lowest BCUT2D eigenvalue weighted by Crippen LogP contribution is -2.72. The maximum atomic E-state index is 13.8. The molecular weight excluding hydrogens is 498 g/mol. The third-order valence-electron chi connectivity index (χ3n) is 7.22. The molecule has 3 saturated carbocycles. The Labute approximate surface area is 169 Å². The topological polar surface area (TPSA) is 20.3 Å². The van der Waals surface area contributed by atoms with Crippen LogP contribution in [0.5, 0.6) is 0 Å². The van der Waals surface area contributed by atoms with Crippen molar-refractivity contribution in [2.45, 2.75) is 48.1 Å². The van der Waals surface area contributed by atoms with Gasteiger partial charge in [0.15, 0.2) is 0 Å². The van der Waals surface area contributed by atoms with Crippen LogP contribution < -0.4 is 4.90 Å². The first-order valence-electron chi connectivity index (χ1n) is 8.63. The predicted octanol–water partition coefficient (Wildman–Crippen LogP) is 5.65. The van der Waals surface area contributed by atoms with Crippen molar-refractivity contribution in [2.75, 3.05) is 11.4 Å². The molecule has 3 unspecified atom stereocenters. The molecule has 3 fully saturated rings. The molecule has 5 rings (SSSR count). The number of fused-ring (bicyclic) bond motifs is 2. The van der Waals surface area contributed by atoms with E-state index >= 15 is 0 Å². The molecule has 0 aromatic heterocycles. The zero-order valence-corrected chi connectivity index (χ0v) is 18.7. The van der Waals surface area contributed by atoms with Crippen molar-refractivity contribution in [3.63, 3.8) is 0 Å². The largest absolute Gasteiger partial charge is 0.312 e. The number of carbonyl (C=O) groups excluding carboxylic acids is 1. The standard InChI is InChI=1S/C19H22Br3NO/c1-17(2)18(15(21)22)9-10-19(17,14(18)20)16(24)23-11-5-7-12-6-3-4-8-13(12)23/h3-4,6,8,14-15H,5,7,9-11H2,1-2H3. The SMILES string of the molecule is CC1(C)C2(C(=O)N3CCCc4ccccc43)CCC1(C(Br)Br)C2Br. The minimum atomic E-state index is -0.308. The second-order valence-electron chi connectivity index (χ2n) is 7.99. The van der Waals surface area contributed by atoms with Gasteiger partial charge in [-0.15, -0.1) is 0 Å². The van der Waals surface area contributed by atoms with E-state index in [0.29, 0.717) is 5.91 Å². The van der Waals surface area contributed by atoms with Gasteiger partial charge in [0, 0.05) is 22.5 Å². The first kappa shape index (κ1) is 17.5. The summed E-state index contributed by atoms with van der Waals surface area (Å²) < 4.78 is 0.217. The molecule has 0 radical (unpaired) electrons. The van der Waals surface area contributed by atoms with Gasteiger partial charge in [-0.05, 0) is 42.7 Å². The van der Waals surface area contributed by atoms with Crippen molar-refractivity contribution >= 4 is 59.4 Å². The summed E-state index contributed by atoms with van der Waals surface area (Å²) in [5.41, 5.74) is 2.15. The average molecular weight is 520 g/mol. The van der Waals surface area contributed by atoms with Crippen LogP contribution in [-0.4, -0.2) is 21.0 Å². The molecule has 0 spiro atoms. The van der Waals surface area contributed by atoms with Crippen LogP contribution in [-0.2, 0) is 11.2 Å². The number of para-hydroxylation sites is 1. The Morgan fingerprint density at radius 2 is 1.96 bits per heavy atom. The summed E-state index contributed by atoms with van der Waals surface area (Å²) in [6, 6.07) is 8.39. The number of hydrogen-bond donors (Lipinski definition) is 0. The summed E-state index contributed by atoms with van der Waals surface area (Å²) in [7, 11) is 0. The van der Waals surface area contributed by atoms with Gasteiger partial charge in [0.25, 0.3) is 0 Å². The van der Waals surface area contributed by atoms with Crippen LogP contribution in [0.25, 0.3) is 0 Å². The van der Waals surface area contributed by atoms with Gasteiger partial charge in [-0.25, -0.2) is 0 Å². The van der Waals surface area contributed by atoms with E-state index in [1.165, 1.54) is 5.56 Å². The van der Waals surface area contributed by atoms with Gasteiger partial charge in [-0.3, -0.25) is 4.79 Å². The zero-order chi connectivity index (χ0) is 17.3. The summed E-state index contributed by atoms with van der Waals surface area (Å²) >= 11 is 11.5. The number of carbonyl (C=O) groups is 1. The van der Waals surface area contributed by atoms with Crippen LogP contribution in [0.15, 0.2) is 24.3 Å². The van der Waals surface area contributed by atoms with Crippen molar-refractivity contribution in [3.05, 3.63) is 29.8 Å². The lowest BCUT2D eigenvalue weighted by molar-refractivity contribution is -0.158. The Bertz CT molecular complexity index is 704. The molecule has 0 saturated heterocycles. The van der Waals surface area contributed by atoms with E-state index in [-0.39, 0.29) is 24.8 Å². The highest BCUT2D eigenvalue weighted by atomic mass is 79.9. The lowest BCUT2D eigenvalue weighted by Gasteiger charge is -2.66. The van der Waals surface area contributed by atoms with Crippen LogP contribution in [0, 0.1) is 16.2 Å². The van der Waals surface area contributed by atoms with Crippen molar-refractivity contribution in [2.24, 2.45) is 16.2 Å². The van der Waals surface area contributed by atoms with Crippen LogP contribution in [0.3, 0.4) is 0 Å². The van der Waals surface area contributed by atoms with E-state index < -0.39 is 0 Å². The number of halogens is 3. The summed E-state index contributed by atoms with van der Waals surface area (Å²) in [6.45, 7) is 5.40. The van der Waals surface area contributed by atoms with Crippen molar-refractivity contribution in [1.29, 1.82) is 0 Å². The van der Waals surface area contributed by atoms with Crippen molar-refractivity contribution in [3.8, 4) is 0 Å². The molecule has 0 N–H and O–H groups in total.